The fourth-order valence-electron chi connectivity index (χ4n) is 2.52. The monoisotopic (exact) mass is 373 g/mol. The number of halogens is 2. The van der Waals surface area contributed by atoms with E-state index in [4.69, 9.17) is 0 Å². The summed E-state index contributed by atoms with van der Waals surface area (Å²) in [6.07, 6.45) is 0. The number of hydrogen-bond donors (Lipinski definition) is 0. The number of aryl methyl sites for hydroxylation is 1. The Kier molecular flexibility index (Phi) is 4.27. The van der Waals surface area contributed by atoms with Gasteiger partial charge in [0.1, 0.15) is 11.6 Å². The third kappa shape index (κ3) is 3.05. The van der Waals surface area contributed by atoms with Crippen LogP contribution >= 0.6 is 23.1 Å². The molecule has 0 aliphatic rings. The summed E-state index contributed by atoms with van der Waals surface area (Å²) in [6, 6.07) is 12.1. The largest absolute Gasteiger partial charge is 0.260 e. The fourth-order valence-corrected chi connectivity index (χ4v) is 4.38. The second-order valence-corrected chi connectivity index (χ2v) is 7.36. The van der Waals surface area contributed by atoms with Gasteiger partial charge in [0, 0.05) is 16.7 Å². The van der Waals surface area contributed by atoms with Gasteiger partial charge >= 0.3 is 0 Å². The van der Waals surface area contributed by atoms with Crippen molar-refractivity contribution in [1.29, 1.82) is 0 Å². The van der Waals surface area contributed by atoms with Gasteiger partial charge in [-0.2, -0.15) is 0 Å². The van der Waals surface area contributed by atoms with Gasteiger partial charge in [-0.25, -0.2) is 8.78 Å². The molecule has 2 aromatic carbocycles. The van der Waals surface area contributed by atoms with Gasteiger partial charge in [0.25, 0.3) is 0 Å². The van der Waals surface area contributed by atoms with Crippen LogP contribution in [0.25, 0.3) is 16.2 Å². The molecule has 0 saturated heterocycles. The minimum atomic E-state index is -0.544. The Morgan fingerprint density at radius 2 is 1.76 bits per heavy atom. The Labute approximate surface area is 151 Å². The first kappa shape index (κ1) is 16.2. The molecule has 0 amide bonds. The van der Waals surface area contributed by atoms with Crippen molar-refractivity contribution in [3.63, 3.8) is 0 Å². The van der Waals surface area contributed by atoms with Crippen LogP contribution in [-0.2, 0) is 5.75 Å². The Morgan fingerprint density at radius 3 is 2.48 bits per heavy atom. The number of fused-ring (bicyclic) bond motifs is 1. The molecule has 126 valence electrons. The lowest BCUT2D eigenvalue weighted by molar-refractivity contribution is 0.566. The van der Waals surface area contributed by atoms with Crippen LogP contribution < -0.4 is 0 Å². The summed E-state index contributed by atoms with van der Waals surface area (Å²) in [5, 5.41) is 11.0. The normalized spacial score (nSPS) is 11.3. The molecule has 25 heavy (non-hydrogen) atoms. The van der Waals surface area contributed by atoms with Crippen molar-refractivity contribution in [2.24, 2.45) is 0 Å². The fraction of sp³-hybridized carbons (Fsp3) is 0.111. The van der Waals surface area contributed by atoms with E-state index >= 15 is 0 Å². The average molecular weight is 373 g/mol. The summed E-state index contributed by atoms with van der Waals surface area (Å²) in [4.78, 5) is 0.757. The summed E-state index contributed by atoms with van der Waals surface area (Å²) >= 11 is 2.76. The van der Waals surface area contributed by atoms with Gasteiger partial charge in [-0.05, 0) is 24.6 Å². The molecule has 0 radical (unpaired) electrons. The molecule has 3 nitrogen and oxygen atoms in total. The van der Waals surface area contributed by atoms with Crippen LogP contribution in [0.5, 0.6) is 0 Å². The molecule has 0 fully saturated rings. The summed E-state index contributed by atoms with van der Waals surface area (Å²) in [7, 11) is 0. The highest BCUT2D eigenvalue weighted by atomic mass is 32.2. The summed E-state index contributed by atoms with van der Waals surface area (Å²) in [6.45, 7) is 2.04. The van der Waals surface area contributed by atoms with Crippen molar-refractivity contribution in [3.05, 3.63) is 70.6 Å². The van der Waals surface area contributed by atoms with Crippen molar-refractivity contribution in [2.45, 2.75) is 17.8 Å². The first-order chi connectivity index (χ1) is 12.1. The van der Waals surface area contributed by atoms with E-state index in [0.717, 1.165) is 16.2 Å². The Hall–Kier alpha value is -2.25. The number of benzene rings is 2. The predicted molar refractivity (Wildman–Crippen MR) is 97.0 cm³/mol. The SMILES string of the molecule is Cc1ccc(-c2csc3nnc(SCc4c(F)cccc4F)n23)cc1. The van der Waals surface area contributed by atoms with Gasteiger partial charge in [-0.1, -0.05) is 47.7 Å². The zero-order valence-electron chi connectivity index (χ0n) is 13.2. The zero-order valence-corrected chi connectivity index (χ0v) is 14.9. The molecule has 0 unspecified atom stereocenters. The highest BCUT2D eigenvalue weighted by Crippen LogP contribution is 2.32. The topological polar surface area (TPSA) is 30.2 Å². The van der Waals surface area contributed by atoms with Crippen LogP contribution in [-0.4, -0.2) is 14.6 Å². The maximum Gasteiger partial charge on any atom is 0.217 e. The lowest BCUT2D eigenvalue weighted by Crippen LogP contribution is -1.95. The Balaban J connectivity index is 1.69. The Bertz CT molecular complexity index is 1020. The zero-order chi connectivity index (χ0) is 17.4. The number of aromatic nitrogens is 3. The van der Waals surface area contributed by atoms with Crippen LogP contribution in [0, 0.1) is 18.6 Å². The van der Waals surface area contributed by atoms with Crippen molar-refractivity contribution >= 4 is 28.1 Å². The minimum Gasteiger partial charge on any atom is -0.260 e. The Morgan fingerprint density at radius 1 is 1.04 bits per heavy atom. The summed E-state index contributed by atoms with van der Waals surface area (Å²) in [5.74, 6) is -0.933. The number of thiazole rings is 1. The van der Waals surface area contributed by atoms with E-state index in [-0.39, 0.29) is 11.3 Å². The smallest absolute Gasteiger partial charge is 0.217 e. The van der Waals surface area contributed by atoms with Gasteiger partial charge in [-0.3, -0.25) is 4.40 Å². The molecule has 2 heterocycles. The van der Waals surface area contributed by atoms with Crippen LogP contribution in [0.2, 0.25) is 0 Å². The van der Waals surface area contributed by atoms with Gasteiger partial charge in [0.2, 0.25) is 4.96 Å². The first-order valence-electron chi connectivity index (χ1n) is 7.59. The van der Waals surface area contributed by atoms with E-state index < -0.39 is 11.6 Å². The van der Waals surface area contributed by atoms with Crippen LogP contribution in [0.3, 0.4) is 0 Å². The molecular weight excluding hydrogens is 360 g/mol. The van der Waals surface area contributed by atoms with Gasteiger partial charge in [0.05, 0.1) is 5.69 Å². The third-order valence-electron chi connectivity index (χ3n) is 3.88. The minimum absolute atomic E-state index is 0.0522. The van der Waals surface area contributed by atoms with E-state index in [0.29, 0.717) is 5.16 Å². The van der Waals surface area contributed by atoms with Gasteiger partial charge in [-0.15, -0.1) is 21.5 Å². The number of hydrogen-bond acceptors (Lipinski definition) is 4. The molecule has 0 atom stereocenters. The molecule has 0 aliphatic carbocycles. The lowest BCUT2D eigenvalue weighted by atomic mass is 10.1. The second kappa shape index (κ2) is 6.57. The number of thioether (sulfide) groups is 1. The standard InChI is InChI=1S/C18H13F2N3S2/c1-11-5-7-12(8-6-11)16-10-25-18-22-21-17(23(16)18)24-9-13-14(19)3-2-4-15(13)20/h2-8,10H,9H2,1H3. The molecule has 4 rings (SSSR count). The van der Waals surface area contributed by atoms with Crippen molar-refractivity contribution in [2.75, 3.05) is 0 Å². The number of nitrogens with zero attached hydrogens (tertiary/aromatic N) is 3. The van der Waals surface area contributed by atoms with Crippen LogP contribution in [0.1, 0.15) is 11.1 Å². The molecular formula is C18H13F2N3S2. The lowest BCUT2D eigenvalue weighted by Gasteiger charge is -2.05. The quantitative estimate of drug-likeness (QED) is 0.453. The molecule has 0 spiro atoms. The highest BCUT2D eigenvalue weighted by molar-refractivity contribution is 7.98. The molecule has 4 aromatic rings. The number of rotatable bonds is 4. The van der Waals surface area contributed by atoms with E-state index in [1.807, 2.05) is 41.0 Å². The molecule has 0 aliphatic heterocycles. The molecule has 7 heteroatoms. The maximum atomic E-state index is 13.8. The molecule has 0 bridgehead atoms. The second-order valence-electron chi connectivity index (χ2n) is 5.58. The maximum absolute atomic E-state index is 13.8. The molecule has 2 aromatic heterocycles. The van der Waals surface area contributed by atoms with Crippen LogP contribution in [0.4, 0.5) is 8.78 Å². The molecule has 0 N–H and O–H groups in total. The van der Waals surface area contributed by atoms with Crippen molar-refractivity contribution < 1.29 is 8.78 Å². The van der Waals surface area contributed by atoms with Crippen molar-refractivity contribution in [3.8, 4) is 11.3 Å². The average Bonchev–Trinajstić information content (AvgIpc) is 3.18. The molecule has 0 saturated carbocycles. The van der Waals surface area contributed by atoms with Crippen LogP contribution in [0.15, 0.2) is 53.0 Å². The van der Waals surface area contributed by atoms with E-state index in [9.17, 15) is 8.78 Å². The predicted octanol–water partition coefficient (Wildman–Crippen LogP) is 5.34. The highest BCUT2D eigenvalue weighted by Gasteiger charge is 2.16. The van der Waals surface area contributed by atoms with E-state index in [1.165, 1.54) is 46.9 Å². The summed E-state index contributed by atoms with van der Waals surface area (Å²) < 4.78 is 29.6. The van der Waals surface area contributed by atoms with E-state index in [2.05, 4.69) is 10.2 Å². The summed E-state index contributed by atoms with van der Waals surface area (Å²) in [5.41, 5.74) is 3.26. The first-order valence-corrected chi connectivity index (χ1v) is 9.45. The van der Waals surface area contributed by atoms with Gasteiger partial charge in [0.15, 0.2) is 5.16 Å². The van der Waals surface area contributed by atoms with Crippen molar-refractivity contribution in [1.82, 2.24) is 14.6 Å². The van der Waals surface area contributed by atoms with E-state index in [1.54, 1.807) is 0 Å². The third-order valence-corrected chi connectivity index (χ3v) is 5.65. The van der Waals surface area contributed by atoms with Gasteiger partial charge < -0.3 is 0 Å².